The first-order valence-electron chi connectivity index (χ1n) is 10.8. The van der Waals surface area contributed by atoms with E-state index >= 15 is 0 Å². The van der Waals surface area contributed by atoms with E-state index in [4.69, 9.17) is 8.83 Å². The number of carbonyl (C=O) groups excluding carboxylic acids is 1. The lowest BCUT2D eigenvalue weighted by molar-refractivity contribution is -0.131. The van der Waals surface area contributed by atoms with Gasteiger partial charge in [0.2, 0.25) is 5.91 Å². The van der Waals surface area contributed by atoms with Gasteiger partial charge >= 0.3 is 5.63 Å². The minimum atomic E-state index is -3.07. The Kier molecular flexibility index (Phi) is 5.48. The molecule has 3 aromatic rings. The smallest absolute Gasteiger partial charge is 0.339 e. The molecule has 0 unspecified atom stereocenters. The number of fused-ring (bicyclic) bond motifs is 2. The summed E-state index contributed by atoms with van der Waals surface area (Å²) in [4.78, 5) is 26.9. The van der Waals surface area contributed by atoms with Gasteiger partial charge in [-0.1, -0.05) is 20.8 Å². The molecule has 32 heavy (non-hydrogen) atoms. The maximum Gasteiger partial charge on any atom is 0.339 e. The normalized spacial score (nSPS) is 18.5. The van der Waals surface area contributed by atoms with Crippen LogP contribution in [0.5, 0.6) is 0 Å². The minimum absolute atomic E-state index is 0.00317. The van der Waals surface area contributed by atoms with Crippen molar-refractivity contribution >= 4 is 37.7 Å². The van der Waals surface area contributed by atoms with Gasteiger partial charge in [-0.15, -0.1) is 0 Å². The van der Waals surface area contributed by atoms with E-state index in [9.17, 15) is 18.0 Å². The van der Waals surface area contributed by atoms with Crippen molar-refractivity contribution in [2.24, 2.45) is 0 Å². The van der Waals surface area contributed by atoms with Crippen molar-refractivity contribution in [2.75, 3.05) is 18.6 Å². The average molecular weight is 460 g/mol. The topological polar surface area (TPSA) is 97.8 Å². The summed E-state index contributed by atoms with van der Waals surface area (Å²) < 4.78 is 34.7. The van der Waals surface area contributed by atoms with Gasteiger partial charge in [-0.3, -0.25) is 4.79 Å². The minimum Gasteiger partial charge on any atom is -0.464 e. The van der Waals surface area contributed by atoms with Gasteiger partial charge in [0.05, 0.1) is 17.8 Å². The predicted molar refractivity (Wildman–Crippen MR) is 124 cm³/mol. The molecule has 0 bridgehead atoms. The highest BCUT2D eigenvalue weighted by atomic mass is 32.2. The quantitative estimate of drug-likeness (QED) is 0.552. The van der Waals surface area contributed by atoms with Crippen LogP contribution in [0.1, 0.15) is 50.3 Å². The first-order valence-corrected chi connectivity index (χ1v) is 12.6. The number of hydrogen-bond donors (Lipinski definition) is 0. The summed E-state index contributed by atoms with van der Waals surface area (Å²) >= 11 is 0. The van der Waals surface area contributed by atoms with Crippen LogP contribution >= 0.6 is 0 Å². The highest BCUT2D eigenvalue weighted by molar-refractivity contribution is 7.91. The number of furan rings is 1. The molecule has 1 saturated heterocycles. The van der Waals surface area contributed by atoms with Crippen LogP contribution in [-0.2, 0) is 26.5 Å². The fourth-order valence-corrected chi connectivity index (χ4v) is 6.25. The lowest BCUT2D eigenvalue weighted by Gasteiger charge is -2.23. The molecule has 1 aromatic carbocycles. The van der Waals surface area contributed by atoms with Crippen LogP contribution < -0.4 is 5.63 Å². The van der Waals surface area contributed by atoms with Gasteiger partial charge in [0.15, 0.2) is 9.84 Å². The van der Waals surface area contributed by atoms with E-state index in [2.05, 4.69) is 20.8 Å². The SMILES string of the molecule is Cc1c(CCC(=O)N(C)[C@H]2CCS(=O)(=O)C2)c(=O)oc2cc3occ(C(C)(C)C)c3cc12. The predicted octanol–water partition coefficient (Wildman–Crippen LogP) is 3.72. The molecule has 7 nitrogen and oxygen atoms in total. The number of amides is 1. The number of aryl methyl sites for hydroxylation is 1. The molecule has 8 heteroatoms. The van der Waals surface area contributed by atoms with E-state index in [-0.39, 0.29) is 41.7 Å². The number of benzene rings is 1. The van der Waals surface area contributed by atoms with Crippen molar-refractivity contribution in [2.45, 2.75) is 58.4 Å². The molecule has 1 atom stereocenters. The van der Waals surface area contributed by atoms with Crippen LogP contribution in [-0.4, -0.2) is 43.8 Å². The molecule has 3 heterocycles. The maximum atomic E-state index is 12.7. The second kappa shape index (κ2) is 7.76. The van der Waals surface area contributed by atoms with Crippen molar-refractivity contribution in [1.29, 1.82) is 0 Å². The fraction of sp³-hybridized carbons (Fsp3) is 0.500. The molecular weight excluding hydrogens is 430 g/mol. The molecule has 1 aliphatic rings. The molecule has 172 valence electrons. The molecule has 1 fully saturated rings. The zero-order chi connectivity index (χ0) is 23.4. The summed E-state index contributed by atoms with van der Waals surface area (Å²) in [6.45, 7) is 8.21. The Morgan fingerprint density at radius 3 is 2.53 bits per heavy atom. The van der Waals surface area contributed by atoms with Crippen LogP contribution in [0.2, 0.25) is 0 Å². The van der Waals surface area contributed by atoms with Crippen LogP contribution in [0.4, 0.5) is 0 Å². The van der Waals surface area contributed by atoms with Gasteiger partial charge in [0, 0.05) is 47.5 Å². The zero-order valence-corrected chi connectivity index (χ0v) is 20.0. The zero-order valence-electron chi connectivity index (χ0n) is 19.1. The standard InChI is InChI=1S/C24H29NO6S/c1-14-16(6-7-22(26)25(5)15-8-9-32(28,29)13-15)23(27)31-21-11-20-18(10-17(14)21)19(12-30-20)24(2,3)4/h10-12,15H,6-9,13H2,1-5H3/t15-/m0/s1. The maximum absolute atomic E-state index is 12.7. The third-order valence-electron chi connectivity index (χ3n) is 6.53. The molecule has 0 saturated carbocycles. The van der Waals surface area contributed by atoms with Crippen LogP contribution in [0, 0.1) is 6.92 Å². The number of hydrogen-bond acceptors (Lipinski definition) is 6. The van der Waals surface area contributed by atoms with E-state index in [0.29, 0.717) is 23.2 Å². The lowest BCUT2D eigenvalue weighted by atomic mass is 9.86. The molecule has 1 amide bonds. The summed E-state index contributed by atoms with van der Waals surface area (Å²) in [7, 11) is -1.44. The highest BCUT2D eigenvalue weighted by Crippen LogP contribution is 2.35. The van der Waals surface area contributed by atoms with Crippen molar-refractivity contribution in [3.05, 3.63) is 45.5 Å². The number of sulfone groups is 1. The molecule has 0 spiro atoms. The Balaban J connectivity index is 1.63. The second-order valence-corrected chi connectivity index (χ2v) is 12.0. The Bertz CT molecular complexity index is 1370. The monoisotopic (exact) mass is 459 g/mol. The molecule has 0 aliphatic carbocycles. The van der Waals surface area contributed by atoms with E-state index in [1.54, 1.807) is 19.4 Å². The van der Waals surface area contributed by atoms with Crippen LogP contribution in [0.15, 0.2) is 32.0 Å². The number of rotatable bonds is 4. The Labute approximate surface area is 187 Å². The van der Waals surface area contributed by atoms with E-state index in [0.717, 1.165) is 21.9 Å². The lowest BCUT2D eigenvalue weighted by Crippen LogP contribution is -2.38. The second-order valence-electron chi connectivity index (χ2n) is 9.80. The molecule has 0 N–H and O–H groups in total. The largest absolute Gasteiger partial charge is 0.464 e. The van der Waals surface area contributed by atoms with Gasteiger partial charge in [0.25, 0.3) is 0 Å². The van der Waals surface area contributed by atoms with Crippen LogP contribution in [0.25, 0.3) is 21.9 Å². The third-order valence-corrected chi connectivity index (χ3v) is 8.28. The van der Waals surface area contributed by atoms with Gasteiger partial charge in [-0.05, 0) is 36.8 Å². The van der Waals surface area contributed by atoms with Gasteiger partial charge in [0.1, 0.15) is 11.2 Å². The molecule has 0 radical (unpaired) electrons. The van der Waals surface area contributed by atoms with Crippen molar-refractivity contribution in [1.82, 2.24) is 4.90 Å². The Hall–Kier alpha value is -2.61. The molecule has 2 aromatic heterocycles. The first-order chi connectivity index (χ1) is 14.9. The summed E-state index contributed by atoms with van der Waals surface area (Å²) in [5.41, 5.74) is 2.90. The Morgan fingerprint density at radius 1 is 1.19 bits per heavy atom. The molecular formula is C24H29NO6S. The van der Waals surface area contributed by atoms with Gasteiger partial charge < -0.3 is 13.7 Å². The summed E-state index contributed by atoms with van der Waals surface area (Å²) in [5.74, 6) is -0.0588. The van der Waals surface area contributed by atoms with E-state index in [1.165, 1.54) is 4.90 Å². The van der Waals surface area contributed by atoms with Crippen molar-refractivity contribution in [3.63, 3.8) is 0 Å². The molecule has 4 rings (SSSR count). The molecule has 1 aliphatic heterocycles. The number of nitrogens with zero attached hydrogens (tertiary/aromatic N) is 1. The average Bonchev–Trinajstić information content (AvgIpc) is 3.28. The van der Waals surface area contributed by atoms with Crippen molar-refractivity contribution in [3.8, 4) is 0 Å². The van der Waals surface area contributed by atoms with Crippen LogP contribution in [0.3, 0.4) is 0 Å². The van der Waals surface area contributed by atoms with E-state index < -0.39 is 15.5 Å². The van der Waals surface area contributed by atoms with E-state index in [1.807, 2.05) is 13.0 Å². The summed E-state index contributed by atoms with van der Waals surface area (Å²) in [6, 6.07) is 3.44. The number of carbonyl (C=O) groups is 1. The third kappa shape index (κ3) is 4.08. The first kappa shape index (κ1) is 22.6. The summed E-state index contributed by atoms with van der Waals surface area (Å²) in [6.07, 6.45) is 2.56. The highest BCUT2D eigenvalue weighted by Gasteiger charge is 2.32. The summed E-state index contributed by atoms with van der Waals surface area (Å²) in [5, 5.41) is 1.80. The van der Waals surface area contributed by atoms with Gasteiger partial charge in [-0.2, -0.15) is 0 Å². The fourth-order valence-electron chi connectivity index (χ4n) is 4.47. The van der Waals surface area contributed by atoms with Crippen molar-refractivity contribution < 1.29 is 22.0 Å². The Morgan fingerprint density at radius 2 is 1.91 bits per heavy atom. The van der Waals surface area contributed by atoms with Gasteiger partial charge in [-0.25, -0.2) is 13.2 Å².